The van der Waals surface area contributed by atoms with Crippen LogP contribution in [0.25, 0.3) is 0 Å². The van der Waals surface area contributed by atoms with Gasteiger partial charge in [0.25, 0.3) is 0 Å². The van der Waals surface area contributed by atoms with Crippen molar-refractivity contribution in [2.24, 2.45) is 23.7 Å². The Morgan fingerprint density at radius 1 is 1.37 bits per heavy atom. The van der Waals surface area contributed by atoms with Crippen LogP contribution in [0.2, 0.25) is 0 Å². The van der Waals surface area contributed by atoms with E-state index in [2.05, 4.69) is 12.7 Å². The first-order valence-electron chi connectivity index (χ1n) is 6.57. The minimum Gasteiger partial charge on any atom is -0.489 e. The molecule has 5 unspecified atom stereocenters. The van der Waals surface area contributed by atoms with Gasteiger partial charge < -0.3 is 15.5 Å². The minimum absolute atomic E-state index is 0. The molecule has 0 aromatic heterocycles. The van der Waals surface area contributed by atoms with Gasteiger partial charge in [-0.25, -0.2) is 0 Å². The molecule has 2 saturated carbocycles. The first kappa shape index (κ1) is 14.7. The van der Waals surface area contributed by atoms with Crippen LogP contribution < -0.4 is 0 Å². The van der Waals surface area contributed by atoms with Gasteiger partial charge in [0.1, 0.15) is 12.1 Å². The van der Waals surface area contributed by atoms with E-state index in [1.54, 1.807) is 0 Å². The zero-order valence-electron chi connectivity index (χ0n) is 10.6. The number of rotatable bonds is 3. The molecule has 4 bridgehead atoms. The zero-order valence-corrected chi connectivity index (χ0v) is 13.4. The third-order valence-corrected chi connectivity index (χ3v) is 4.64. The summed E-state index contributed by atoms with van der Waals surface area (Å²) >= 11 is 0. The van der Waals surface area contributed by atoms with Crippen molar-refractivity contribution in [1.29, 1.82) is 0 Å². The molecule has 0 N–H and O–H groups in total. The molecule has 2 aliphatic heterocycles. The van der Waals surface area contributed by atoms with Crippen LogP contribution >= 0.6 is 0 Å². The van der Waals surface area contributed by atoms with E-state index in [1.165, 1.54) is 0 Å². The summed E-state index contributed by atoms with van der Waals surface area (Å²) in [4.78, 5) is 22.9. The van der Waals surface area contributed by atoms with E-state index >= 15 is 0 Å². The number of fused-ring (bicyclic) bond motifs is 1. The van der Waals surface area contributed by atoms with Gasteiger partial charge in [-0.1, -0.05) is 0 Å². The SMILES string of the molecule is C=[C-]C(=O)OCC1C2CC3CC(C2)C(=O)OC1C3.[Re]. The van der Waals surface area contributed by atoms with Gasteiger partial charge in [-0.15, -0.1) is 0 Å². The Bertz CT molecular complexity index is 395. The normalized spacial score (nSPS) is 38.9. The van der Waals surface area contributed by atoms with Gasteiger partial charge in [0.05, 0.1) is 12.5 Å². The van der Waals surface area contributed by atoms with Crippen molar-refractivity contribution >= 4 is 11.9 Å². The topological polar surface area (TPSA) is 52.6 Å². The summed E-state index contributed by atoms with van der Waals surface area (Å²) in [5.74, 6) is 0.739. The van der Waals surface area contributed by atoms with Crippen molar-refractivity contribution in [3.05, 3.63) is 12.7 Å². The third-order valence-electron chi connectivity index (χ3n) is 4.64. The van der Waals surface area contributed by atoms with E-state index in [4.69, 9.17) is 9.47 Å². The third kappa shape index (κ3) is 2.78. The predicted octanol–water partition coefficient (Wildman–Crippen LogP) is 1.49. The molecule has 4 nitrogen and oxygen atoms in total. The molecule has 5 atom stereocenters. The summed E-state index contributed by atoms with van der Waals surface area (Å²) in [7, 11) is 0. The fourth-order valence-electron chi connectivity index (χ4n) is 3.87. The summed E-state index contributed by atoms with van der Waals surface area (Å²) in [5, 5.41) is 0. The van der Waals surface area contributed by atoms with Gasteiger partial charge in [0, 0.05) is 26.3 Å². The van der Waals surface area contributed by atoms with Crippen LogP contribution in [0.3, 0.4) is 0 Å². The van der Waals surface area contributed by atoms with Gasteiger partial charge in [-0.3, -0.25) is 16.2 Å². The molecule has 4 rings (SSSR count). The van der Waals surface area contributed by atoms with Crippen molar-refractivity contribution in [1.82, 2.24) is 0 Å². The maximum atomic E-state index is 11.8. The average molecular weight is 435 g/mol. The molecule has 2 aliphatic carbocycles. The van der Waals surface area contributed by atoms with E-state index in [9.17, 15) is 9.59 Å². The molecule has 1 radical (unpaired) electrons. The molecule has 4 aliphatic rings. The molecule has 19 heavy (non-hydrogen) atoms. The van der Waals surface area contributed by atoms with Crippen LogP contribution in [0.5, 0.6) is 0 Å². The minimum atomic E-state index is -0.520. The molecule has 0 aromatic rings. The van der Waals surface area contributed by atoms with E-state index < -0.39 is 5.97 Å². The number of carbonyl (C=O) groups excluding carboxylic acids is 2. The van der Waals surface area contributed by atoms with E-state index in [0.717, 1.165) is 25.7 Å². The van der Waals surface area contributed by atoms with Gasteiger partial charge in [0.2, 0.25) is 0 Å². The second-order valence-electron chi connectivity index (χ2n) is 5.68. The standard InChI is InChI=1S/C14H17O4.Re/c1-2-13(15)17-7-11-9-3-8-4-10(6-9)14(16)18-12(11)5-8;/h8-12H,1,3-7H2;/q-1;. The summed E-state index contributed by atoms with van der Waals surface area (Å²) in [6.45, 7) is 3.58. The van der Waals surface area contributed by atoms with Crippen molar-refractivity contribution in [3.8, 4) is 0 Å². The molecule has 5 heteroatoms. The van der Waals surface area contributed by atoms with Gasteiger partial charge in [-0.2, -0.15) is 0 Å². The predicted molar refractivity (Wildman–Crippen MR) is 62.1 cm³/mol. The summed E-state index contributed by atoms with van der Waals surface area (Å²) in [6, 6.07) is 0. The summed E-state index contributed by atoms with van der Waals surface area (Å²) < 4.78 is 10.7. The van der Waals surface area contributed by atoms with Gasteiger partial charge in [0.15, 0.2) is 0 Å². The Hall–Kier alpha value is -0.658. The molecular formula is C14H17O4Re-. The number of carbonyl (C=O) groups is 2. The maximum Gasteiger partial charge on any atom is 0.309 e. The average Bonchev–Trinajstić information content (AvgIpc) is 2.51. The van der Waals surface area contributed by atoms with Crippen molar-refractivity contribution < 1.29 is 39.5 Å². The van der Waals surface area contributed by atoms with Crippen LogP contribution in [0.4, 0.5) is 0 Å². The van der Waals surface area contributed by atoms with E-state index in [1.807, 2.05) is 0 Å². The van der Waals surface area contributed by atoms with Crippen LogP contribution in [-0.2, 0) is 39.5 Å². The van der Waals surface area contributed by atoms with Crippen molar-refractivity contribution in [2.45, 2.75) is 31.8 Å². The number of ether oxygens (including phenoxy) is 2. The second-order valence-corrected chi connectivity index (χ2v) is 5.68. The molecule has 2 heterocycles. The number of esters is 2. The quantitative estimate of drug-likeness (QED) is 0.383. The smallest absolute Gasteiger partial charge is 0.309 e. The monoisotopic (exact) mass is 436 g/mol. The molecule has 0 amide bonds. The summed E-state index contributed by atoms with van der Waals surface area (Å²) in [6.07, 6.45) is 6.08. The number of hydrogen-bond donors (Lipinski definition) is 0. The molecule has 105 valence electrons. The maximum absolute atomic E-state index is 11.8. The van der Waals surface area contributed by atoms with Crippen molar-refractivity contribution in [3.63, 3.8) is 0 Å². The molecule has 4 fully saturated rings. The molecular weight excluding hydrogens is 418 g/mol. The number of hydrogen-bond acceptors (Lipinski definition) is 4. The van der Waals surface area contributed by atoms with Crippen LogP contribution in [0.15, 0.2) is 6.58 Å². The Balaban J connectivity index is 0.00000133. The Kier molecular flexibility index (Phi) is 4.47. The van der Waals surface area contributed by atoms with Crippen LogP contribution in [0.1, 0.15) is 25.7 Å². The molecule has 0 spiro atoms. The second kappa shape index (κ2) is 5.77. The van der Waals surface area contributed by atoms with Crippen LogP contribution in [0, 0.1) is 29.7 Å². The zero-order chi connectivity index (χ0) is 12.7. The Labute approximate surface area is 126 Å². The van der Waals surface area contributed by atoms with Gasteiger partial charge >= 0.3 is 5.97 Å². The first-order chi connectivity index (χ1) is 8.67. The fourth-order valence-corrected chi connectivity index (χ4v) is 3.87. The van der Waals surface area contributed by atoms with E-state index in [0.29, 0.717) is 18.4 Å². The molecule has 0 aromatic carbocycles. The fraction of sp³-hybridized carbons (Fsp3) is 0.714. The van der Waals surface area contributed by atoms with Crippen LogP contribution in [-0.4, -0.2) is 24.6 Å². The Morgan fingerprint density at radius 2 is 2.16 bits per heavy atom. The first-order valence-corrected chi connectivity index (χ1v) is 6.57. The molecule has 2 saturated heterocycles. The van der Waals surface area contributed by atoms with Crippen molar-refractivity contribution in [2.75, 3.05) is 6.61 Å². The Morgan fingerprint density at radius 3 is 2.89 bits per heavy atom. The van der Waals surface area contributed by atoms with E-state index in [-0.39, 0.29) is 44.3 Å². The van der Waals surface area contributed by atoms with Gasteiger partial charge in [-0.05, 0) is 37.5 Å². The largest absolute Gasteiger partial charge is 0.489 e. The summed E-state index contributed by atoms with van der Waals surface area (Å²) in [5.41, 5.74) is 0.